The Morgan fingerprint density at radius 1 is 1.00 bits per heavy atom. The normalized spacial score (nSPS) is 20.6. The van der Waals surface area contributed by atoms with Crippen LogP contribution in [0.2, 0.25) is 0 Å². The van der Waals surface area contributed by atoms with Gasteiger partial charge in [-0.1, -0.05) is 0 Å². The van der Waals surface area contributed by atoms with Gasteiger partial charge in [0.05, 0.1) is 0 Å². The molecule has 4 rings (SSSR count). The van der Waals surface area contributed by atoms with Crippen molar-refractivity contribution < 1.29 is 0 Å². The fourth-order valence-electron chi connectivity index (χ4n) is 2.50. The molecule has 0 bridgehead atoms. The summed E-state index contributed by atoms with van der Waals surface area (Å²) in [6.07, 6.45) is 0. The molecule has 0 radical (unpaired) electrons. The van der Waals surface area contributed by atoms with Gasteiger partial charge < -0.3 is 0 Å². The van der Waals surface area contributed by atoms with E-state index in [9.17, 15) is 0 Å². The van der Waals surface area contributed by atoms with Gasteiger partial charge in [-0.15, -0.1) is 0 Å². The fraction of sp³-hybridized carbons (Fsp3) is 0.133. The number of fused-ring (bicyclic) bond motifs is 3. The summed E-state index contributed by atoms with van der Waals surface area (Å²) in [7, 11) is 0. The van der Waals surface area contributed by atoms with Crippen LogP contribution >= 0.6 is 0 Å². The van der Waals surface area contributed by atoms with Gasteiger partial charge in [0.25, 0.3) is 0 Å². The Hall–Kier alpha value is -1.57. The SMILES string of the molecule is c1ccc([C@@H]2CN3C(=N2)[Se]c2ccccc23)cc1. The predicted molar refractivity (Wildman–Crippen MR) is 75.8 cm³/mol. The molecular weight excluding hydrogens is 287 g/mol. The Kier molecular flexibility index (Phi) is 2.29. The van der Waals surface area contributed by atoms with Gasteiger partial charge in [0.2, 0.25) is 0 Å². The summed E-state index contributed by atoms with van der Waals surface area (Å²) < 4.78 is 2.76. The monoisotopic (exact) mass is 300 g/mol. The van der Waals surface area contributed by atoms with Crippen LogP contribution in [-0.4, -0.2) is 26.2 Å². The molecule has 2 aliphatic heterocycles. The van der Waals surface area contributed by atoms with Crippen LogP contribution in [-0.2, 0) is 0 Å². The van der Waals surface area contributed by atoms with E-state index in [1.165, 1.54) is 20.4 Å². The summed E-state index contributed by atoms with van der Waals surface area (Å²) in [6.45, 7) is 0.998. The summed E-state index contributed by atoms with van der Waals surface area (Å²) in [6, 6.07) is 19.6. The maximum atomic E-state index is 4.91. The summed E-state index contributed by atoms with van der Waals surface area (Å²) in [4.78, 5) is 7.30. The molecule has 0 unspecified atom stereocenters. The first-order valence-corrected chi connectivity index (χ1v) is 7.80. The number of anilines is 1. The number of amidine groups is 1. The Balaban J connectivity index is 1.69. The molecule has 2 nitrogen and oxygen atoms in total. The first kappa shape index (κ1) is 10.4. The molecule has 2 aliphatic rings. The van der Waals surface area contributed by atoms with E-state index in [2.05, 4.69) is 59.5 Å². The quantitative estimate of drug-likeness (QED) is 0.735. The fourth-order valence-corrected chi connectivity index (χ4v) is 4.78. The van der Waals surface area contributed by atoms with Gasteiger partial charge in [-0.2, -0.15) is 0 Å². The Morgan fingerprint density at radius 3 is 2.67 bits per heavy atom. The zero-order valence-electron chi connectivity index (χ0n) is 9.78. The second-order valence-electron chi connectivity index (χ2n) is 4.52. The molecule has 2 heterocycles. The van der Waals surface area contributed by atoms with Gasteiger partial charge in [0.15, 0.2) is 0 Å². The van der Waals surface area contributed by atoms with Crippen LogP contribution in [0.15, 0.2) is 59.6 Å². The zero-order chi connectivity index (χ0) is 11.9. The Labute approximate surface area is 113 Å². The molecular formula is C15H12N2Se. The van der Waals surface area contributed by atoms with Crippen molar-refractivity contribution in [3.63, 3.8) is 0 Å². The minimum absolute atomic E-state index is 0.316. The van der Waals surface area contributed by atoms with E-state index in [0.29, 0.717) is 21.0 Å². The maximum absolute atomic E-state index is 4.91. The third-order valence-corrected chi connectivity index (χ3v) is 5.65. The summed E-state index contributed by atoms with van der Waals surface area (Å²) in [5, 5.41) is 0. The standard InChI is InChI=1S/C15H12N2Se/c1-2-6-11(7-3-1)12-10-17-13-8-4-5-9-14(13)18-15(17)16-12/h1-9,12H,10H2/t12-/m0/s1. The number of para-hydroxylation sites is 1. The van der Waals surface area contributed by atoms with E-state index in [1.54, 1.807) is 0 Å². The average Bonchev–Trinajstić information content (AvgIpc) is 2.97. The first-order chi connectivity index (χ1) is 8.92. The predicted octanol–water partition coefficient (Wildman–Crippen LogP) is 1.95. The van der Waals surface area contributed by atoms with Crippen molar-refractivity contribution in [2.75, 3.05) is 11.4 Å². The second kappa shape index (κ2) is 3.97. The van der Waals surface area contributed by atoms with Crippen LogP contribution < -0.4 is 9.36 Å². The van der Waals surface area contributed by atoms with Crippen molar-refractivity contribution in [2.45, 2.75) is 6.04 Å². The molecule has 1 atom stereocenters. The van der Waals surface area contributed by atoms with E-state index >= 15 is 0 Å². The molecule has 2 aromatic carbocycles. The number of benzene rings is 2. The van der Waals surface area contributed by atoms with Crippen molar-refractivity contribution in [1.29, 1.82) is 0 Å². The number of rotatable bonds is 1. The summed E-state index contributed by atoms with van der Waals surface area (Å²) in [5.74, 6) is 0. The van der Waals surface area contributed by atoms with Crippen LogP contribution in [0, 0.1) is 0 Å². The second-order valence-corrected chi connectivity index (χ2v) is 6.64. The van der Waals surface area contributed by atoms with Crippen LogP contribution in [0.3, 0.4) is 0 Å². The van der Waals surface area contributed by atoms with Gasteiger partial charge in [-0.05, 0) is 0 Å². The van der Waals surface area contributed by atoms with Crippen LogP contribution in [0.25, 0.3) is 0 Å². The molecule has 0 saturated carbocycles. The Morgan fingerprint density at radius 2 is 1.78 bits per heavy atom. The van der Waals surface area contributed by atoms with Gasteiger partial charge in [0.1, 0.15) is 0 Å². The number of hydrogen-bond donors (Lipinski definition) is 0. The van der Waals surface area contributed by atoms with E-state index in [-0.39, 0.29) is 0 Å². The van der Waals surface area contributed by atoms with Gasteiger partial charge in [0, 0.05) is 0 Å². The van der Waals surface area contributed by atoms with Crippen molar-refractivity contribution in [2.24, 2.45) is 4.99 Å². The van der Waals surface area contributed by atoms with Crippen LogP contribution in [0.1, 0.15) is 11.6 Å². The molecule has 0 aliphatic carbocycles. The van der Waals surface area contributed by atoms with Crippen molar-refractivity contribution in [3.8, 4) is 0 Å². The molecule has 88 valence electrons. The van der Waals surface area contributed by atoms with Crippen LogP contribution in [0.5, 0.6) is 0 Å². The first-order valence-electron chi connectivity index (χ1n) is 6.09. The molecule has 2 aromatic rings. The molecule has 0 saturated heterocycles. The van der Waals surface area contributed by atoms with Crippen LogP contribution in [0.4, 0.5) is 5.69 Å². The molecule has 0 aromatic heterocycles. The molecule has 3 heteroatoms. The van der Waals surface area contributed by atoms with E-state index in [0.717, 1.165) is 6.54 Å². The molecule has 0 N–H and O–H groups in total. The van der Waals surface area contributed by atoms with Crippen molar-refractivity contribution in [1.82, 2.24) is 0 Å². The summed E-state index contributed by atoms with van der Waals surface area (Å²) in [5.41, 5.74) is 2.70. The molecule has 0 fully saturated rings. The molecule has 0 spiro atoms. The van der Waals surface area contributed by atoms with E-state index < -0.39 is 0 Å². The van der Waals surface area contributed by atoms with E-state index in [4.69, 9.17) is 4.99 Å². The third kappa shape index (κ3) is 1.52. The van der Waals surface area contributed by atoms with Gasteiger partial charge in [-0.25, -0.2) is 0 Å². The third-order valence-electron chi connectivity index (χ3n) is 3.39. The number of hydrogen-bond acceptors (Lipinski definition) is 2. The van der Waals surface area contributed by atoms with Crippen molar-refractivity contribution >= 4 is 29.8 Å². The Bertz CT molecular complexity index is 621. The topological polar surface area (TPSA) is 15.6 Å². The van der Waals surface area contributed by atoms with Crippen molar-refractivity contribution in [3.05, 3.63) is 60.2 Å². The van der Waals surface area contributed by atoms with E-state index in [1.807, 2.05) is 0 Å². The zero-order valence-corrected chi connectivity index (χ0v) is 11.5. The average molecular weight is 299 g/mol. The number of aliphatic imine (C=N–C) groups is 1. The number of nitrogens with zero attached hydrogens (tertiary/aromatic N) is 2. The molecule has 18 heavy (non-hydrogen) atoms. The summed E-state index contributed by atoms with van der Waals surface area (Å²) >= 11 is 0.389. The van der Waals surface area contributed by atoms with Gasteiger partial charge >= 0.3 is 112 Å². The molecule has 0 amide bonds. The minimum atomic E-state index is 0.316. The van der Waals surface area contributed by atoms with Gasteiger partial charge in [-0.3, -0.25) is 0 Å².